The van der Waals surface area contributed by atoms with E-state index in [4.69, 9.17) is 4.74 Å². The van der Waals surface area contributed by atoms with Crippen LogP contribution in [0.4, 0.5) is 4.39 Å². The van der Waals surface area contributed by atoms with Crippen LogP contribution in [0.25, 0.3) is 5.65 Å². The first-order chi connectivity index (χ1) is 12.0. The molecule has 25 heavy (non-hydrogen) atoms. The summed E-state index contributed by atoms with van der Waals surface area (Å²) in [5, 5.41) is 0. The van der Waals surface area contributed by atoms with Gasteiger partial charge in [0.2, 0.25) is 5.95 Å². The third kappa shape index (κ3) is 3.99. The van der Waals surface area contributed by atoms with Crippen LogP contribution in [0.5, 0.6) is 0 Å². The monoisotopic (exact) mass is 348 g/mol. The molecule has 136 valence electrons. The van der Waals surface area contributed by atoms with Gasteiger partial charge in [0.25, 0.3) is 5.91 Å². The Balaban J connectivity index is 1.86. The fraction of sp³-hybridized carbons (Fsp3) is 0.556. The highest BCUT2D eigenvalue weighted by Crippen LogP contribution is 2.18. The third-order valence-corrected chi connectivity index (χ3v) is 4.46. The molecular weight excluding hydrogens is 323 g/mol. The number of ether oxygens (including phenoxy) is 1. The van der Waals surface area contributed by atoms with Crippen molar-refractivity contribution in [2.45, 2.75) is 25.9 Å². The Morgan fingerprint density at radius 1 is 1.40 bits per heavy atom. The van der Waals surface area contributed by atoms with E-state index < -0.39 is 5.95 Å². The van der Waals surface area contributed by atoms with Gasteiger partial charge in [-0.1, -0.05) is 6.07 Å². The van der Waals surface area contributed by atoms with E-state index in [1.807, 2.05) is 32.0 Å². The molecule has 1 unspecified atom stereocenters. The number of hydrogen-bond acceptors (Lipinski definition) is 4. The molecular formula is C18H25FN4O2. The lowest BCUT2D eigenvalue weighted by atomic mass is 10.2. The molecule has 2 aromatic rings. The molecule has 1 saturated heterocycles. The van der Waals surface area contributed by atoms with Gasteiger partial charge in [-0.15, -0.1) is 0 Å². The van der Waals surface area contributed by atoms with Crippen LogP contribution in [0.1, 0.15) is 28.9 Å². The minimum Gasteiger partial charge on any atom is -0.376 e. The lowest BCUT2D eigenvalue weighted by Crippen LogP contribution is -2.41. The molecule has 1 atom stereocenters. The molecule has 0 radical (unpaired) electrons. The molecule has 1 fully saturated rings. The summed E-state index contributed by atoms with van der Waals surface area (Å²) in [5.41, 5.74) is 1.23. The van der Waals surface area contributed by atoms with Crippen LogP contribution >= 0.6 is 0 Å². The number of imidazole rings is 1. The summed E-state index contributed by atoms with van der Waals surface area (Å²) in [7, 11) is 3.89. The second-order valence-corrected chi connectivity index (χ2v) is 6.88. The minimum atomic E-state index is -0.606. The highest BCUT2D eigenvalue weighted by atomic mass is 19.1. The van der Waals surface area contributed by atoms with Crippen molar-refractivity contribution in [1.82, 2.24) is 19.2 Å². The minimum absolute atomic E-state index is 0.0217. The van der Waals surface area contributed by atoms with Gasteiger partial charge in [-0.2, -0.15) is 4.39 Å². The number of amides is 1. The Labute approximate surface area is 147 Å². The molecule has 1 aliphatic rings. The van der Waals surface area contributed by atoms with Crippen LogP contribution in [-0.4, -0.2) is 71.5 Å². The molecule has 0 bridgehead atoms. The zero-order valence-corrected chi connectivity index (χ0v) is 15.0. The SMILES string of the molecule is Cc1ccc2nc(C(=O)N(CCN(C)C)CC3CCCO3)c(F)n2c1. The Hall–Kier alpha value is -1.99. The van der Waals surface area contributed by atoms with Crippen molar-refractivity contribution in [3.05, 3.63) is 35.5 Å². The number of aryl methyl sites for hydroxylation is 1. The van der Waals surface area contributed by atoms with Crippen molar-refractivity contribution in [2.24, 2.45) is 0 Å². The molecule has 0 saturated carbocycles. The first-order valence-corrected chi connectivity index (χ1v) is 8.65. The van der Waals surface area contributed by atoms with Crippen molar-refractivity contribution >= 4 is 11.6 Å². The maximum atomic E-state index is 14.7. The lowest BCUT2D eigenvalue weighted by molar-refractivity contribution is 0.0504. The molecule has 3 rings (SSSR count). The summed E-state index contributed by atoms with van der Waals surface area (Å²) in [6, 6.07) is 3.58. The number of halogens is 1. The van der Waals surface area contributed by atoms with Crippen LogP contribution in [0.15, 0.2) is 18.3 Å². The average Bonchev–Trinajstić information content (AvgIpc) is 3.19. The largest absolute Gasteiger partial charge is 0.376 e. The third-order valence-electron chi connectivity index (χ3n) is 4.46. The van der Waals surface area contributed by atoms with Crippen molar-refractivity contribution in [2.75, 3.05) is 40.3 Å². The number of likely N-dealkylation sites (N-methyl/N-ethyl adjacent to an activating group) is 1. The fourth-order valence-corrected chi connectivity index (χ4v) is 3.04. The second-order valence-electron chi connectivity index (χ2n) is 6.88. The molecule has 0 N–H and O–H groups in total. The Morgan fingerprint density at radius 3 is 2.88 bits per heavy atom. The van der Waals surface area contributed by atoms with Gasteiger partial charge >= 0.3 is 0 Å². The van der Waals surface area contributed by atoms with Crippen molar-refractivity contribution in [3.63, 3.8) is 0 Å². The first kappa shape index (κ1) is 17.8. The average molecular weight is 348 g/mol. The summed E-state index contributed by atoms with van der Waals surface area (Å²) in [5.74, 6) is -0.984. The quantitative estimate of drug-likeness (QED) is 0.801. The highest BCUT2D eigenvalue weighted by molar-refractivity contribution is 5.93. The van der Waals surface area contributed by atoms with Crippen LogP contribution < -0.4 is 0 Å². The fourth-order valence-electron chi connectivity index (χ4n) is 3.04. The van der Waals surface area contributed by atoms with E-state index in [-0.39, 0.29) is 17.7 Å². The van der Waals surface area contributed by atoms with Gasteiger partial charge in [-0.3, -0.25) is 9.20 Å². The summed E-state index contributed by atoms with van der Waals surface area (Å²) >= 11 is 0. The van der Waals surface area contributed by atoms with Crippen LogP contribution in [-0.2, 0) is 4.74 Å². The number of fused-ring (bicyclic) bond motifs is 1. The van der Waals surface area contributed by atoms with E-state index in [0.717, 1.165) is 25.0 Å². The number of carbonyl (C=O) groups is 1. The van der Waals surface area contributed by atoms with E-state index in [9.17, 15) is 9.18 Å². The zero-order chi connectivity index (χ0) is 18.0. The molecule has 0 aliphatic carbocycles. The lowest BCUT2D eigenvalue weighted by Gasteiger charge is -2.26. The van der Waals surface area contributed by atoms with Crippen LogP contribution in [0.2, 0.25) is 0 Å². The normalized spacial score (nSPS) is 17.6. The van der Waals surface area contributed by atoms with Gasteiger partial charge in [0, 0.05) is 32.4 Å². The highest BCUT2D eigenvalue weighted by Gasteiger charge is 2.28. The predicted octanol–water partition coefficient (Wildman–Crippen LogP) is 1.96. The van der Waals surface area contributed by atoms with Crippen LogP contribution in [0.3, 0.4) is 0 Å². The molecule has 3 heterocycles. The zero-order valence-electron chi connectivity index (χ0n) is 15.0. The van der Waals surface area contributed by atoms with Crippen molar-refractivity contribution < 1.29 is 13.9 Å². The Morgan fingerprint density at radius 2 is 2.20 bits per heavy atom. The van der Waals surface area contributed by atoms with E-state index >= 15 is 0 Å². The number of rotatable bonds is 6. The molecule has 0 spiro atoms. The number of carbonyl (C=O) groups excluding carboxylic acids is 1. The summed E-state index contributed by atoms with van der Waals surface area (Å²) in [6.07, 6.45) is 3.60. The Kier molecular flexibility index (Phi) is 5.34. The molecule has 2 aromatic heterocycles. The van der Waals surface area contributed by atoms with Crippen molar-refractivity contribution in [1.29, 1.82) is 0 Å². The van der Waals surface area contributed by atoms with Gasteiger partial charge < -0.3 is 14.5 Å². The topological polar surface area (TPSA) is 50.1 Å². The van der Waals surface area contributed by atoms with Gasteiger partial charge in [-0.05, 0) is 45.5 Å². The smallest absolute Gasteiger partial charge is 0.277 e. The predicted molar refractivity (Wildman–Crippen MR) is 93.3 cm³/mol. The molecule has 0 aromatic carbocycles. The van der Waals surface area contributed by atoms with Gasteiger partial charge in [0.15, 0.2) is 5.69 Å². The van der Waals surface area contributed by atoms with E-state index in [2.05, 4.69) is 4.98 Å². The number of hydrogen-bond donors (Lipinski definition) is 0. The van der Waals surface area contributed by atoms with Gasteiger partial charge in [0.05, 0.1) is 6.10 Å². The van der Waals surface area contributed by atoms with E-state index in [0.29, 0.717) is 25.3 Å². The van der Waals surface area contributed by atoms with Gasteiger partial charge in [-0.25, -0.2) is 4.98 Å². The maximum Gasteiger partial charge on any atom is 0.277 e. The van der Waals surface area contributed by atoms with Crippen LogP contribution in [0, 0.1) is 12.9 Å². The first-order valence-electron chi connectivity index (χ1n) is 8.65. The molecule has 7 heteroatoms. The number of nitrogens with zero attached hydrogens (tertiary/aromatic N) is 4. The standard InChI is InChI=1S/C18H25FN4O2/c1-13-6-7-15-20-16(17(19)23(15)11-13)18(24)22(9-8-21(2)3)12-14-5-4-10-25-14/h6-7,11,14H,4-5,8-10,12H2,1-3H3. The van der Waals surface area contributed by atoms with E-state index in [1.54, 1.807) is 17.2 Å². The van der Waals surface area contributed by atoms with E-state index in [1.165, 1.54) is 4.40 Å². The molecule has 1 amide bonds. The Bertz CT molecular complexity index is 753. The number of aromatic nitrogens is 2. The molecule has 6 nitrogen and oxygen atoms in total. The van der Waals surface area contributed by atoms with Gasteiger partial charge in [0.1, 0.15) is 5.65 Å². The summed E-state index contributed by atoms with van der Waals surface area (Å²) < 4.78 is 21.7. The van der Waals surface area contributed by atoms with Crippen molar-refractivity contribution in [3.8, 4) is 0 Å². The second kappa shape index (κ2) is 7.49. The summed E-state index contributed by atoms with van der Waals surface area (Å²) in [4.78, 5) is 20.8. The molecule has 1 aliphatic heterocycles. The maximum absolute atomic E-state index is 14.7. The number of pyridine rings is 1. The summed E-state index contributed by atoms with van der Waals surface area (Å²) in [6.45, 7) is 4.28.